The van der Waals surface area contributed by atoms with Crippen molar-refractivity contribution >= 4 is 39.0 Å². The number of alkyl halides is 3. The number of aromatic nitrogens is 2. The molecule has 3 rings (SSSR count). The van der Waals surface area contributed by atoms with Gasteiger partial charge in [0.1, 0.15) is 5.69 Å². The fraction of sp³-hybridized carbons (Fsp3) is 0.0625. The summed E-state index contributed by atoms with van der Waals surface area (Å²) in [6, 6.07) is 11.0. The maximum absolute atomic E-state index is 13.4. The predicted octanol–water partition coefficient (Wildman–Crippen LogP) is 5.20. The van der Waals surface area contributed by atoms with Crippen LogP contribution in [0.1, 0.15) is 5.69 Å². The van der Waals surface area contributed by atoms with Crippen LogP contribution in [0.5, 0.6) is 0 Å². The highest BCUT2D eigenvalue weighted by atomic mass is 35.5. The van der Waals surface area contributed by atoms with Crippen LogP contribution in [-0.4, -0.2) is 18.6 Å². The Morgan fingerprint density at radius 1 is 1.00 bits per heavy atom. The second kappa shape index (κ2) is 7.06. The van der Waals surface area contributed by atoms with Gasteiger partial charge in [-0.15, -0.1) is 0 Å². The first-order valence-electron chi connectivity index (χ1n) is 7.28. The van der Waals surface area contributed by atoms with E-state index in [0.29, 0.717) is 0 Å². The van der Waals surface area contributed by atoms with E-state index in [4.69, 9.17) is 23.2 Å². The molecule has 2 N–H and O–H groups in total. The number of halogens is 5. The summed E-state index contributed by atoms with van der Waals surface area (Å²) in [5.41, 5.74) is -1.71. The van der Waals surface area contributed by atoms with Gasteiger partial charge in [-0.05, 0) is 29.8 Å². The lowest BCUT2D eigenvalue weighted by atomic mass is 10.1. The summed E-state index contributed by atoms with van der Waals surface area (Å²) in [6.07, 6.45) is -4.80. The van der Waals surface area contributed by atoms with Crippen molar-refractivity contribution in [1.82, 2.24) is 10.2 Å². The molecule has 0 atom stereocenters. The number of benzene rings is 2. The Labute approximate surface area is 162 Å². The minimum absolute atomic E-state index is 0.00348. The normalized spacial score (nSPS) is 12.2. The highest BCUT2D eigenvalue weighted by Gasteiger charge is 2.38. The first-order chi connectivity index (χ1) is 12.6. The van der Waals surface area contributed by atoms with E-state index in [9.17, 15) is 21.6 Å². The number of nitrogens with one attached hydrogen (secondary N) is 2. The van der Waals surface area contributed by atoms with E-state index in [1.807, 2.05) is 5.10 Å². The number of sulfonamides is 1. The first kappa shape index (κ1) is 19.5. The molecule has 2 aromatic carbocycles. The lowest BCUT2D eigenvalue weighted by Gasteiger charge is -2.11. The standard InChI is InChI=1S/C16H10Cl2F3N3O2S/c17-11-7-6-9(8-12(11)18)13-14(16(19,20)21)22-23-15(13)24-27(25,26)10-4-2-1-3-5-10/h1-8H,(H2,22,23,24). The van der Waals surface area contributed by atoms with E-state index in [1.54, 1.807) is 6.07 Å². The molecule has 3 aromatic rings. The zero-order valence-corrected chi connectivity index (χ0v) is 15.5. The molecule has 0 fully saturated rings. The van der Waals surface area contributed by atoms with Crippen molar-refractivity contribution in [1.29, 1.82) is 0 Å². The minimum atomic E-state index is -4.80. The third kappa shape index (κ3) is 4.05. The summed E-state index contributed by atoms with van der Waals surface area (Å²) >= 11 is 11.7. The molecule has 0 spiro atoms. The molecule has 27 heavy (non-hydrogen) atoms. The van der Waals surface area contributed by atoms with E-state index < -0.39 is 33.3 Å². The van der Waals surface area contributed by atoms with Crippen molar-refractivity contribution in [3.63, 3.8) is 0 Å². The van der Waals surface area contributed by atoms with Crippen LogP contribution in [-0.2, 0) is 16.2 Å². The molecule has 5 nitrogen and oxygen atoms in total. The van der Waals surface area contributed by atoms with Gasteiger partial charge in [-0.3, -0.25) is 9.82 Å². The molecule has 0 aliphatic carbocycles. The fourth-order valence-corrected chi connectivity index (χ4v) is 3.67. The number of anilines is 1. The Hall–Kier alpha value is -2.23. The molecule has 1 aromatic heterocycles. The topological polar surface area (TPSA) is 74.8 Å². The number of aromatic amines is 1. The van der Waals surface area contributed by atoms with E-state index in [2.05, 4.69) is 9.82 Å². The Balaban J connectivity index is 2.14. The lowest BCUT2D eigenvalue weighted by Crippen LogP contribution is -2.14. The van der Waals surface area contributed by atoms with Crippen molar-refractivity contribution in [2.45, 2.75) is 11.1 Å². The second-order valence-corrected chi connectivity index (χ2v) is 7.86. The van der Waals surface area contributed by atoms with Gasteiger partial charge in [0.15, 0.2) is 5.82 Å². The molecule has 0 amide bonds. The largest absolute Gasteiger partial charge is 0.433 e. The van der Waals surface area contributed by atoms with Gasteiger partial charge in [0.25, 0.3) is 10.0 Å². The highest BCUT2D eigenvalue weighted by Crippen LogP contribution is 2.41. The zero-order chi connectivity index (χ0) is 19.8. The van der Waals surface area contributed by atoms with Gasteiger partial charge in [-0.1, -0.05) is 47.5 Å². The van der Waals surface area contributed by atoms with Gasteiger partial charge in [0, 0.05) is 0 Å². The summed E-state index contributed by atoms with van der Waals surface area (Å²) in [7, 11) is -4.15. The summed E-state index contributed by atoms with van der Waals surface area (Å²) < 4.78 is 67.2. The molecular formula is C16H10Cl2F3N3O2S. The quantitative estimate of drug-likeness (QED) is 0.590. The van der Waals surface area contributed by atoms with Crippen LogP contribution in [0.3, 0.4) is 0 Å². The van der Waals surface area contributed by atoms with Gasteiger partial charge in [0.05, 0.1) is 20.5 Å². The molecule has 142 valence electrons. The molecular weight excluding hydrogens is 426 g/mol. The zero-order valence-electron chi connectivity index (χ0n) is 13.2. The third-order valence-electron chi connectivity index (χ3n) is 3.54. The Morgan fingerprint density at radius 2 is 1.67 bits per heavy atom. The predicted molar refractivity (Wildman–Crippen MR) is 96.3 cm³/mol. The van der Waals surface area contributed by atoms with Crippen LogP contribution in [0, 0.1) is 0 Å². The molecule has 0 aliphatic rings. The highest BCUT2D eigenvalue weighted by molar-refractivity contribution is 7.92. The van der Waals surface area contributed by atoms with Crippen LogP contribution in [0.2, 0.25) is 10.0 Å². The lowest BCUT2D eigenvalue weighted by molar-refractivity contribution is -0.140. The maximum atomic E-state index is 13.4. The summed E-state index contributed by atoms with van der Waals surface area (Å²) in [6.45, 7) is 0. The smallest absolute Gasteiger partial charge is 0.271 e. The van der Waals surface area contributed by atoms with Crippen molar-refractivity contribution in [3.8, 4) is 11.1 Å². The number of H-pyrrole nitrogens is 1. The number of nitrogens with zero attached hydrogens (tertiary/aromatic N) is 1. The Bertz CT molecular complexity index is 1080. The van der Waals surface area contributed by atoms with Crippen LogP contribution in [0.4, 0.5) is 19.0 Å². The Morgan fingerprint density at radius 3 is 2.26 bits per heavy atom. The average Bonchev–Trinajstić information content (AvgIpc) is 3.01. The van der Waals surface area contributed by atoms with Gasteiger partial charge < -0.3 is 0 Å². The molecule has 0 bridgehead atoms. The van der Waals surface area contributed by atoms with Crippen LogP contribution in [0.15, 0.2) is 53.4 Å². The molecule has 1 heterocycles. The maximum Gasteiger partial charge on any atom is 0.433 e. The van der Waals surface area contributed by atoms with Crippen LogP contribution >= 0.6 is 23.2 Å². The van der Waals surface area contributed by atoms with Crippen molar-refractivity contribution < 1.29 is 21.6 Å². The first-order valence-corrected chi connectivity index (χ1v) is 9.52. The van der Waals surface area contributed by atoms with E-state index in [0.717, 1.165) is 0 Å². The Kier molecular flexibility index (Phi) is 5.11. The number of hydrogen-bond donors (Lipinski definition) is 2. The van der Waals surface area contributed by atoms with Crippen LogP contribution < -0.4 is 4.72 Å². The third-order valence-corrected chi connectivity index (χ3v) is 5.64. The van der Waals surface area contributed by atoms with Crippen molar-refractivity contribution in [2.75, 3.05) is 4.72 Å². The van der Waals surface area contributed by atoms with E-state index in [1.165, 1.54) is 42.5 Å². The van der Waals surface area contributed by atoms with Gasteiger partial charge >= 0.3 is 6.18 Å². The van der Waals surface area contributed by atoms with Gasteiger partial charge in [0.2, 0.25) is 0 Å². The fourth-order valence-electron chi connectivity index (χ4n) is 2.34. The molecule has 11 heteroatoms. The summed E-state index contributed by atoms with van der Waals surface area (Å²) in [5.74, 6) is -0.510. The molecule has 0 radical (unpaired) electrons. The van der Waals surface area contributed by atoms with Gasteiger partial charge in [-0.2, -0.15) is 18.3 Å². The number of hydrogen-bond acceptors (Lipinski definition) is 3. The van der Waals surface area contributed by atoms with Gasteiger partial charge in [-0.25, -0.2) is 8.42 Å². The summed E-state index contributed by atoms with van der Waals surface area (Å²) in [4.78, 5) is -0.123. The second-order valence-electron chi connectivity index (χ2n) is 5.37. The molecule has 0 unspecified atom stereocenters. The number of rotatable bonds is 4. The monoisotopic (exact) mass is 435 g/mol. The molecule has 0 saturated carbocycles. The minimum Gasteiger partial charge on any atom is -0.271 e. The van der Waals surface area contributed by atoms with E-state index in [-0.39, 0.29) is 20.5 Å². The molecule has 0 aliphatic heterocycles. The van der Waals surface area contributed by atoms with Crippen molar-refractivity contribution in [3.05, 3.63) is 64.3 Å². The van der Waals surface area contributed by atoms with E-state index >= 15 is 0 Å². The van der Waals surface area contributed by atoms with Crippen molar-refractivity contribution in [2.24, 2.45) is 0 Å². The van der Waals surface area contributed by atoms with Crippen LogP contribution in [0.25, 0.3) is 11.1 Å². The summed E-state index contributed by atoms with van der Waals surface area (Å²) in [5, 5.41) is 5.51. The average molecular weight is 436 g/mol. The SMILES string of the molecule is O=S(=O)(Nc1n[nH]c(C(F)(F)F)c1-c1ccc(Cl)c(Cl)c1)c1ccccc1. The molecule has 0 saturated heterocycles.